The monoisotopic (exact) mass is 398 g/mol. The fourth-order valence-electron chi connectivity index (χ4n) is 3.00. The van der Waals surface area contributed by atoms with Crippen molar-refractivity contribution in [2.45, 2.75) is 0 Å². The van der Waals surface area contributed by atoms with Crippen molar-refractivity contribution in [3.8, 4) is 17.2 Å². The molecule has 0 bridgehead atoms. The van der Waals surface area contributed by atoms with Gasteiger partial charge in [-0.05, 0) is 50.0 Å². The molecule has 0 fully saturated rings. The Labute approximate surface area is 173 Å². The summed E-state index contributed by atoms with van der Waals surface area (Å²) in [5.41, 5.74) is 2.46. The highest BCUT2D eigenvalue weighted by Crippen LogP contribution is 2.40. The zero-order chi connectivity index (χ0) is 21.4. The topological polar surface area (TPSA) is 51.2 Å². The number of anilines is 1. The molecule has 156 valence electrons. The molecule has 0 heterocycles. The van der Waals surface area contributed by atoms with Crippen LogP contribution in [0.15, 0.2) is 42.5 Å². The molecule has 0 aliphatic carbocycles. The van der Waals surface area contributed by atoms with E-state index in [-0.39, 0.29) is 5.78 Å². The Kier molecular flexibility index (Phi) is 8.09. The number of carbonyl (C=O) groups is 1. The zero-order valence-electron chi connectivity index (χ0n) is 18.1. The predicted molar refractivity (Wildman–Crippen MR) is 118 cm³/mol. The summed E-state index contributed by atoms with van der Waals surface area (Å²) in [4.78, 5) is 17.2. The number of carbonyl (C=O) groups excluding carboxylic acids is 1. The van der Waals surface area contributed by atoms with E-state index in [1.165, 1.54) is 14.2 Å². The molecule has 0 aliphatic rings. The van der Waals surface area contributed by atoms with Crippen LogP contribution in [0.4, 0.5) is 5.69 Å². The van der Waals surface area contributed by atoms with Crippen molar-refractivity contribution in [2.24, 2.45) is 0 Å². The average molecular weight is 399 g/mol. The average Bonchev–Trinajstić information content (AvgIpc) is 2.74. The molecule has 2 aromatic rings. The third kappa shape index (κ3) is 5.51. The van der Waals surface area contributed by atoms with Crippen LogP contribution in [0.5, 0.6) is 17.2 Å². The highest BCUT2D eigenvalue weighted by molar-refractivity contribution is 6.09. The Morgan fingerprint density at radius 3 is 2.21 bits per heavy atom. The van der Waals surface area contributed by atoms with E-state index in [2.05, 4.69) is 37.0 Å². The van der Waals surface area contributed by atoms with Crippen LogP contribution < -0.4 is 19.1 Å². The normalized spacial score (nSPS) is 11.0. The number of ether oxygens (including phenoxy) is 3. The molecule has 0 radical (unpaired) electrons. The van der Waals surface area contributed by atoms with Crippen molar-refractivity contribution in [3.63, 3.8) is 0 Å². The van der Waals surface area contributed by atoms with E-state index in [1.807, 2.05) is 24.3 Å². The van der Waals surface area contributed by atoms with Crippen molar-refractivity contribution in [2.75, 3.05) is 60.5 Å². The lowest BCUT2D eigenvalue weighted by Gasteiger charge is -2.23. The van der Waals surface area contributed by atoms with Gasteiger partial charge in [-0.1, -0.05) is 18.2 Å². The minimum atomic E-state index is -0.173. The highest BCUT2D eigenvalue weighted by atomic mass is 16.5. The van der Waals surface area contributed by atoms with Gasteiger partial charge < -0.3 is 24.0 Å². The number of hydrogen-bond donors (Lipinski definition) is 0. The lowest BCUT2D eigenvalue weighted by molar-refractivity contribution is 0.104. The van der Waals surface area contributed by atoms with Crippen molar-refractivity contribution >= 4 is 17.5 Å². The van der Waals surface area contributed by atoms with Crippen LogP contribution in [0.3, 0.4) is 0 Å². The van der Waals surface area contributed by atoms with Crippen LogP contribution in [-0.2, 0) is 0 Å². The summed E-state index contributed by atoms with van der Waals surface area (Å²) in [6.45, 7) is 1.83. The third-order valence-electron chi connectivity index (χ3n) is 4.61. The number of para-hydroxylation sites is 1. The standard InChI is InChI=1S/C23H30N2O4/c1-24(2)15-16-25(3)19-10-8-7-9-17(19)11-13-20(26)18-12-14-21(27-4)23(29-6)22(18)28-5/h7-14H,15-16H2,1-6H3. The molecule has 6 nitrogen and oxygen atoms in total. The van der Waals surface area contributed by atoms with E-state index in [4.69, 9.17) is 14.2 Å². The van der Waals surface area contributed by atoms with Gasteiger partial charge in [0.25, 0.3) is 0 Å². The molecule has 0 saturated carbocycles. The summed E-state index contributed by atoms with van der Waals surface area (Å²) < 4.78 is 16.1. The molecule has 0 aromatic heterocycles. The number of likely N-dealkylation sites (N-methyl/N-ethyl adjacent to an activating group) is 2. The molecule has 0 aliphatic heterocycles. The van der Waals surface area contributed by atoms with Gasteiger partial charge in [0, 0.05) is 25.8 Å². The molecule has 0 spiro atoms. The molecule has 0 N–H and O–H groups in total. The molecular formula is C23H30N2O4. The maximum Gasteiger partial charge on any atom is 0.204 e. The summed E-state index contributed by atoms with van der Waals surface area (Å²) in [7, 11) is 10.7. The SMILES string of the molecule is COc1ccc(C(=O)C=Cc2ccccc2N(C)CCN(C)C)c(OC)c1OC. The van der Waals surface area contributed by atoms with Gasteiger partial charge in [-0.2, -0.15) is 0 Å². The number of methoxy groups -OCH3 is 3. The number of hydrogen-bond acceptors (Lipinski definition) is 6. The van der Waals surface area contributed by atoms with E-state index in [0.29, 0.717) is 22.8 Å². The fraction of sp³-hybridized carbons (Fsp3) is 0.348. The first-order valence-corrected chi connectivity index (χ1v) is 9.39. The van der Waals surface area contributed by atoms with Gasteiger partial charge in [-0.25, -0.2) is 0 Å². The van der Waals surface area contributed by atoms with Crippen molar-refractivity contribution in [1.82, 2.24) is 4.90 Å². The van der Waals surface area contributed by atoms with Gasteiger partial charge in [0.2, 0.25) is 5.75 Å². The Hall–Kier alpha value is -2.99. The van der Waals surface area contributed by atoms with Gasteiger partial charge in [0.05, 0.1) is 26.9 Å². The minimum absolute atomic E-state index is 0.173. The molecule has 2 aromatic carbocycles. The zero-order valence-corrected chi connectivity index (χ0v) is 18.1. The minimum Gasteiger partial charge on any atom is -0.493 e. The van der Waals surface area contributed by atoms with E-state index < -0.39 is 0 Å². The maximum atomic E-state index is 12.9. The second-order valence-corrected chi connectivity index (χ2v) is 6.86. The summed E-state index contributed by atoms with van der Waals surface area (Å²) in [6, 6.07) is 11.4. The van der Waals surface area contributed by atoms with Crippen LogP contribution in [0.25, 0.3) is 6.08 Å². The Bertz CT molecular complexity index is 862. The Balaban J connectivity index is 2.30. The molecule has 0 unspecified atom stereocenters. The molecule has 2 rings (SSSR count). The van der Waals surface area contributed by atoms with Gasteiger partial charge in [-0.15, -0.1) is 0 Å². The number of rotatable bonds is 10. The fourth-order valence-corrected chi connectivity index (χ4v) is 3.00. The number of nitrogens with zero attached hydrogens (tertiary/aromatic N) is 2. The molecule has 0 atom stereocenters. The number of allylic oxidation sites excluding steroid dienone is 1. The summed E-state index contributed by atoms with van der Waals surface area (Å²) in [5.74, 6) is 1.10. The van der Waals surface area contributed by atoms with Crippen molar-refractivity contribution in [1.29, 1.82) is 0 Å². The van der Waals surface area contributed by atoms with Gasteiger partial charge in [-0.3, -0.25) is 4.79 Å². The van der Waals surface area contributed by atoms with Crippen molar-refractivity contribution in [3.05, 3.63) is 53.6 Å². The lowest BCUT2D eigenvalue weighted by atomic mass is 10.1. The maximum absolute atomic E-state index is 12.9. The van der Waals surface area contributed by atoms with Crippen LogP contribution in [0.2, 0.25) is 0 Å². The predicted octanol–water partition coefficient (Wildman–Crippen LogP) is 3.61. The first kappa shape index (κ1) is 22.3. The Morgan fingerprint density at radius 2 is 1.59 bits per heavy atom. The smallest absolute Gasteiger partial charge is 0.204 e. The van der Waals surface area contributed by atoms with E-state index in [0.717, 1.165) is 24.3 Å². The number of benzene rings is 2. The van der Waals surface area contributed by atoms with Crippen LogP contribution in [-0.4, -0.2) is 66.2 Å². The summed E-state index contributed by atoms with van der Waals surface area (Å²) >= 11 is 0. The highest BCUT2D eigenvalue weighted by Gasteiger charge is 2.19. The Morgan fingerprint density at radius 1 is 0.897 bits per heavy atom. The van der Waals surface area contributed by atoms with Gasteiger partial charge in [0.1, 0.15) is 0 Å². The quantitative estimate of drug-likeness (QED) is 0.450. The van der Waals surface area contributed by atoms with Crippen LogP contribution in [0.1, 0.15) is 15.9 Å². The third-order valence-corrected chi connectivity index (χ3v) is 4.61. The molecule has 0 amide bonds. The molecule has 6 heteroatoms. The lowest BCUT2D eigenvalue weighted by Crippen LogP contribution is -2.28. The van der Waals surface area contributed by atoms with Crippen molar-refractivity contribution < 1.29 is 19.0 Å². The number of ketones is 1. The molecule has 0 saturated heterocycles. The van der Waals surface area contributed by atoms with E-state index in [9.17, 15) is 4.79 Å². The van der Waals surface area contributed by atoms with Gasteiger partial charge >= 0.3 is 0 Å². The molecule has 29 heavy (non-hydrogen) atoms. The van der Waals surface area contributed by atoms with Crippen LogP contribution >= 0.6 is 0 Å². The second kappa shape index (κ2) is 10.5. The summed E-state index contributed by atoms with van der Waals surface area (Å²) in [6.07, 6.45) is 3.39. The van der Waals surface area contributed by atoms with E-state index in [1.54, 1.807) is 25.3 Å². The summed E-state index contributed by atoms with van der Waals surface area (Å²) in [5, 5.41) is 0. The molecular weight excluding hydrogens is 368 g/mol. The van der Waals surface area contributed by atoms with Crippen LogP contribution in [0, 0.1) is 0 Å². The van der Waals surface area contributed by atoms with E-state index >= 15 is 0 Å². The van der Waals surface area contributed by atoms with Gasteiger partial charge in [0.15, 0.2) is 17.3 Å². The second-order valence-electron chi connectivity index (χ2n) is 6.86. The first-order chi connectivity index (χ1) is 13.9. The largest absolute Gasteiger partial charge is 0.493 e. The first-order valence-electron chi connectivity index (χ1n) is 9.39.